The van der Waals surface area contributed by atoms with Crippen LogP contribution in [0.25, 0.3) is 28.4 Å². The van der Waals surface area contributed by atoms with Gasteiger partial charge >= 0.3 is 0 Å². The zero-order valence-corrected chi connectivity index (χ0v) is 28.3. The number of aliphatic hydroxyl groups is 1. The highest BCUT2D eigenvalue weighted by atomic mass is 16.5. The van der Waals surface area contributed by atoms with E-state index in [2.05, 4.69) is 0 Å². The van der Waals surface area contributed by atoms with Crippen molar-refractivity contribution >= 4 is 22.8 Å². The molecule has 0 fully saturated rings. The molecule has 5 aromatic rings. The molecule has 0 saturated carbocycles. The summed E-state index contributed by atoms with van der Waals surface area (Å²) in [6, 6.07) is 19.6. The number of aliphatic hydroxyl groups excluding tert-OH is 1. The first kappa shape index (κ1) is 34.1. The van der Waals surface area contributed by atoms with Crippen molar-refractivity contribution in [3.63, 3.8) is 0 Å². The van der Waals surface area contributed by atoms with E-state index in [4.69, 9.17) is 18.6 Å². The van der Waals surface area contributed by atoms with E-state index in [1.807, 2.05) is 68.5 Å². The molecule has 7 rings (SSSR count). The van der Waals surface area contributed by atoms with Gasteiger partial charge < -0.3 is 39.1 Å². The Morgan fingerprint density at radius 2 is 1.64 bits per heavy atom. The molecule has 50 heavy (non-hydrogen) atoms. The number of Topliss-reactive ketones (excluding diaryl/α,β-unsaturated/α-hetero) is 1. The Morgan fingerprint density at radius 1 is 0.900 bits per heavy atom. The van der Waals surface area contributed by atoms with E-state index < -0.39 is 17.3 Å². The van der Waals surface area contributed by atoms with E-state index in [-0.39, 0.29) is 51.4 Å². The molecule has 258 valence electrons. The summed E-state index contributed by atoms with van der Waals surface area (Å²) in [5.74, 6) is 1.32. The molecule has 3 heterocycles. The predicted molar refractivity (Wildman–Crippen MR) is 189 cm³/mol. The van der Waals surface area contributed by atoms with Crippen molar-refractivity contribution in [1.82, 2.24) is 0 Å². The summed E-state index contributed by atoms with van der Waals surface area (Å²) in [6.07, 6.45) is 3.59. The molecule has 2 aliphatic rings. The van der Waals surface area contributed by atoms with E-state index in [1.54, 1.807) is 27.0 Å². The molecule has 0 radical (unpaired) electrons. The van der Waals surface area contributed by atoms with Crippen molar-refractivity contribution in [1.29, 1.82) is 0 Å². The Hall–Kier alpha value is -5.74. The molecule has 1 aromatic heterocycles. The first-order chi connectivity index (χ1) is 23.7. The third kappa shape index (κ3) is 6.75. The summed E-state index contributed by atoms with van der Waals surface area (Å²) in [5, 5.41) is 40.0. The van der Waals surface area contributed by atoms with Gasteiger partial charge in [0.05, 0.1) is 24.3 Å². The standard InChI is InChI=1S/C25H28O6.C15H10O4/c1-24(2)9-8-16-20(30-24)7-6-14(23(16)29-5)11-18(26)17-10-15-12-22(28)25(3,4)31-21(15)13-19(17)27;16-10-6-11(17)15-12(18)8-13(19-14(15)7-10)9-4-2-1-3-5-9/h6-10,13,22,27-28H,11-12H2,1-5H3;1-8,16-17H. The van der Waals surface area contributed by atoms with Crippen molar-refractivity contribution in [3.8, 4) is 45.8 Å². The van der Waals surface area contributed by atoms with Crippen LogP contribution in [-0.4, -0.2) is 50.6 Å². The van der Waals surface area contributed by atoms with Gasteiger partial charge in [-0.15, -0.1) is 0 Å². The zero-order valence-electron chi connectivity index (χ0n) is 28.3. The average molecular weight is 679 g/mol. The fraction of sp³-hybridized carbons (Fsp3) is 0.250. The summed E-state index contributed by atoms with van der Waals surface area (Å²) in [4.78, 5) is 25.1. The van der Waals surface area contributed by atoms with Crippen LogP contribution < -0.4 is 19.6 Å². The van der Waals surface area contributed by atoms with E-state index >= 15 is 0 Å². The number of phenolic OH excluding ortho intramolecular Hbond substituents is 3. The Labute approximate surface area is 288 Å². The molecule has 1 atom stereocenters. The van der Waals surface area contributed by atoms with Gasteiger partial charge in [0.2, 0.25) is 0 Å². The third-order valence-corrected chi connectivity index (χ3v) is 8.74. The number of carbonyl (C=O) groups excluding carboxylic acids is 1. The molecule has 0 bridgehead atoms. The molecular weight excluding hydrogens is 640 g/mol. The van der Waals surface area contributed by atoms with Crippen molar-refractivity contribution in [2.45, 2.75) is 57.8 Å². The molecule has 4 N–H and O–H groups in total. The summed E-state index contributed by atoms with van der Waals surface area (Å²) in [6.45, 7) is 7.52. The maximum Gasteiger partial charge on any atom is 0.197 e. The van der Waals surface area contributed by atoms with Crippen LogP contribution in [0.1, 0.15) is 54.7 Å². The van der Waals surface area contributed by atoms with E-state index in [0.717, 1.165) is 17.2 Å². The van der Waals surface area contributed by atoms with Gasteiger partial charge in [-0.1, -0.05) is 36.4 Å². The first-order valence-corrected chi connectivity index (χ1v) is 16.1. The maximum absolute atomic E-state index is 13.1. The van der Waals surface area contributed by atoms with Crippen molar-refractivity contribution in [3.05, 3.63) is 111 Å². The predicted octanol–water partition coefficient (Wildman–Crippen LogP) is 6.96. The highest BCUT2D eigenvalue weighted by Crippen LogP contribution is 2.41. The smallest absolute Gasteiger partial charge is 0.197 e. The minimum atomic E-state index is -0.758. The van der Waals surface area contributed by atoms with Gasteiger partial charge in [0.15, 0.2) is 11.2 Å². The minimum absolute atomic E-state index is 0.0505. The molecule has 2 aliphatic heterocycles. The van der Waals surface area contributed by atoms with Crippen LogP contribution in [0.4, 0.5) is 0 Å². The lowest BCUT2D eigenvalue weighted by atomic mass is 9.89. The molecule has 0 saturated heterocycles. The molecular formula is C40H38O10. The van der Waals surface area contributed by atoms with Crippen LogP contribution in [0.5, 0.6) is 34.5 Å². The number of hydrogen-bond donors (Lipinski definition) is 4. The molecule has 0 spiro atoms. The lowest BCUT2D eigenvalue weighted by Crippen LogP contribution is -2.46. The number of rotatable bonds is 5. The third-order valence-electron chi connectivity index (χ3n) is 8.74. The lowest BCUT2D eigenvalue weighted by molar-refractivity contribution is -0.0412. The SMILES string of the molecule is COc1c(CC(=O)c2cc3c(cc2O)OC(C)(C)C(O)C3)ccc2c1C=CC(C)(C)O2.O=c1cc(-c2ccccc2)oc2cc(O)cc(O)c12. The summed E-state index contributed by atoms with van der Waals surface area (Å²) in [7, 11) is 1.56. The van der Waals surface area contributed by atoms with Crippen molar-refractivity contribution < 1.29 is 43.8 Å². The number of fused-ring (bicyclic) bond motifs is 3. The minimum Gasteiger partial charge on any atom is -0.508 e. The number of aromatic hydroxyl groups is 3. The van der Waals surface area contributed by atoms with Crippen LogP contribution in [0.2, 0.25) is 0 Å². The van der Waals surface area contributed by atoms with Crippen molar-refractivity contribution in [2.24, 2.45) is 0 Å². The Balaban J connectivity index is 0.000000194. The summed E-state index contributed by atoms with van der Waals surface area (Å²) in [5.41, 5.74) is 1.78. The van der Waals surface area contributed by atoms with Gasteiger partial charge in [-0.25, -0.2) is 0 Å². The van der Waals surface area contributed by atoms with Gasteiger partial charge in [-0.2, -0.15) is 0 Å². The fourth-order valence-corrected chi connectivity index (χ4v) is 6.02. The second-order valence-corrected chi connectivity index (χ2v) is 13.4. The van der Waals surface area contributed by atoms with Gasteiger partial charge in [-0.05, 0) is 57.5 Å². The van der Waals surface area contributed by atoms with Gasteiger partial charge in [0, 0.05) is 48.2 Å². The van der Waals surface area contributed by atoms with Crippen LogP contribution in [0.3, 0.4) is 0 Å². The van der Waals surface area contributed by atoms with Crippen LogP contribution in [-0.2, 0) is 12.8 Å². The molecule has 10 nitrogen and oxygen atoms in total. The zero-order chi connectivity index (χ0) is 36.0. The topological polar surface area (TPSA) is 156 Å². The monoisotopic (exact) mass is 678 g/mol. The van der Waals surface area contributed by atoms with E-state index in [0.29, 0.717) is 40.6 Å². The molecule has 1 unspecified atom stereocenters. The van der Waals surface area contributed by atoms with E-state index in [1.165, 1.54) is 18.2 Å². The van der Waals surface area contributed by atoms with Gasteiger partial charge in [0.25, 0.3) is 0 Å². The van der Waals surface area contributed by atoms with Gasteiger partial charge in [-0.3, -0.25) is 9.59 Å². The largest absolute Gasteiger partial charge is 0.508 e. The van der Waals surface area contributed by atoms with Gasteiger partial charge in [0.1, 0.15) is 62.4 Å². The number of carbonyl (C=O) groups is 1. The molecule has 10 heteroatoms. The summed E-state index contributed by atoms with van der Waals surface area (Å²) >= 11 is 0. The first-order valence-electron chi connectivity index (χ1n) is 16.1. The molecule has 0 amide bonds. The molecule has 4 aromatic carbocycles. The second-order valence-electron chi connectivity index (χ2n) is 13.4. The van der Waals surface area contributed by atoms with Crippen LogP contribution >= 0.6 is 0 Å². The van der Waals surface area contributed by atoms with Crippen LogP contribution in [0, 0.1) is 0 Å². The van der Waals surface area contributed by atoms with Crippen molar-refractivity contribution in [2.75, 3.05) is 7.11 Å². The number of methoxy groups -OCH3 is 1. The molecule has 0 aliphatic carbocycles. The summed E-state index contributed by atoms with van der Waals surface area (Å²) < 4.78 is 23.0. The fourth-order valence-electron chi connectivity index (χ4n) is 6.02. The Bertz CT molecular complexity index is 2190. The highest BCUT2D eigenvalue weighted by molar-refractivity contribution is 6.01. The van der Waals surface area contributed by atoms with E-state index in [9.17, 15) is 30.0 Å². The second kappa shape index (κ2) is 12.9. The average Bonchev–Trinajstić information content (AvgIpc) is 3.05. The number of phenols is 3. The number of hydrogen-bond acceptors (Lipinski definition) is 10. The number of ketones is 1. The number of benzene rings is 4. The van der Waals surface area contributed by atoms with Crippen LogP contribution in [0.15, 0.2) is 88.1 Å². The lowest BCUT2D eigenvalue weighted by Gasteiger charge is -2.37. The Morgan fingerprint density at radius 3 is 2.36 bits per heavy atom. The highest BCUT2D eigenvalue weighted by Gasteiger charge is 2.36. The quantitative estimate of drug-likeness (QED) is 0.143. The maximum atomic E-state index is 13.1. The normalized spacial score (nSPS) is 16.6. The Kier molecular flexibility index (Phi) is 8.84. The number of ether oxygens (including phenoxy) is 3.